The number of nitrogens with zero attached hydrogens (tertiary/aromatic N) is 4. The number of anilines is 1. The first-order valence-electron chi connectivity index (χ1n) is 12.3. The summed E-state index contributed by atoms with van der Waals surface area (Å²) >= 11 is 12.3. The number of carboxylic acid groups (broad SMARTS) is 1. The normalized spacial score (nSPS) is 14.2. The molecule has 1 aromatic carbocycles. The van der Waals surface area contributed by atoms with Crippen LogP contribution in [-0.4, -0.2) is 56.9 Å². The summed E-state index contributed by atoms with van der Waals surface area (Å²) in [5, 5.41) is 13.4. The van der Waals surface area contributed by atoms with Gasteiger partial charge in [-0.15, -0.1) is 0 Å². The summed E-state index contributed by atoms with van der Waals surface area (Å²) in [6, 6.07) is 6.33. The Balaban J connectivity index is 1.45. The van der Waals surface area contributed by atoms with E-state index in [4.69, 9.17) is 32.7 Å². The number of pyridine rings is 1. The van der Waals surface area contributed by atoms with Gasteiger partial charge in [-0.3, -0.25) is 0 Å². The highest BCUT2D eigenvalue weighted by Crippen LogP contribution is 2.32. The van der Waals surface area contributed by atoms with E-state index in [1.165, 1.54) is 18.5 Å². The van der Waals surface area contributed by atoms with Crippen LogP contribution in [0.25, 0.3) is 11.3 Å². The number of halogens is 2. The maximum absolute atomic E-state index is 12.0. The number of aromatic nitrogens is 3. The van der Waals surface area contributed by atoms with Gasteiger partial charge in [0, 0.05) is 40.3 Å². The SMILES string of the molecule is Cc1c(C(=O)O)cc(-c2cc(Cl)cc(Cl)c2)nc1Oc1cnc(N2CCC(NC(=O)OC(C)(C)C)CC2)nc1. The molecular weight excluding hydrogens is 545 g/mol. The Bertz CT molecular complexity index is 1350. The number of piperidine rings is 1. The number of hydrogen-bond acceptors (Lipinski definition) is 8. The van der Waals surface area contributed by atoms with Crippen molar-refractivity contribution in [1.29, 1.82) is 0 Å². The molecule has 0 bridgehead atoms. The van der Waals surface area contributed by atoms with Crippen LogP contribution in [0.1, 0.15) is 49.5 Å². The minimum Gasteiger partial charge on any atom is -0.478 e. The molecule has 0 aliphatic carbocycles. The zero-order valence-corrected chi connectivity index (χ0v) is 23.5. The number of aromatic carboxylic acids is 1. The first kappa shape index (κ1) is 28.4. The first-order chi connectivity index (χ1) is 18.4. The van der Waals surface area contributed by atoms with Crippen LogP contribution in [0.15, 0.2) is 36.7 Å². The molecule has 0 atom stereocenters. The molecule has 1 amide bonds. The molecule has 2 aromatic heterocycles. The van der Waals surface area contributed by atoms with Gasteiger partial charge in [-0.1, -0.05) is 23.2 Å². The molecule has 2 N–H and O–H groups in total. The second-order valence-corrected chi connectivity index (χ2v) is 11.0. The lowest BCUT2D eigenvalue weighted by Gasteiger charge is -2.32. The number of carboxylic acids is 1. The third-order valence-corrected chi connectivity index (χ3v) is 6.38. The molecular formula is C27H29Cl2N5O5. The van der Waals surface area contributed by atoms with Gasteiger partial charge in [0.15, 0.2) is 5.75 Å². The van der Waals surface area contributed by atoms with Crippen molar-refractivity contribution in [2.45, 2.75) is 52.2 Å². The van der Waals surface area contributed by atoms with Crippen LogP contribution in [0, 0.1) is 6.92 Å². The highest BCUT2D eigenvalue weighted by molar-refractivity contribution is 6.35. The van der Waals surface area contributed by atoms with Crippen LogP contribution in [0.5, 0.6) is 11.6 Å². The van der Waals surface area contributed by atoms with E-state index in [9.17, 15) is 14.7 Å². The highest BCUT2D eigenvalue weighted by atomic mass is 35.5. The van der Waals surface area contributed by atoms with Crippen molar-refractivity contribution < 1.29 is 24.2 Å². The molecule has 3 aromatic rings. The Morgan fingerprint density at radius 2 is 1.67 bits per heavy atom. The van der Waals surface area contributed by atoms with Crippen molar-refractivity contribution in [3.05, 3.63) is 57.8 Å². The Kier molecular flexibility index (Phi) is 8.46. The lowest BCUT2D eigenvalue weighted by molar-refractivity contribution is 0.0496. The number of benzene rings is 1. The summed E-state index contributed by atoms with van der Waals surface area (Å²) in [4.78, 5) is 39.3. The van der Waals surface area contributed by atoms with E-state index in [0.717, 1.165) is 12.8 Å². The number of rotatable bonds is 6. The van der Waals surface area contributed by atoms with Crippen molar-refractivity contribution >= 4 is 41.2 Å². The van der Waals surface area contributed by atoms with Gasteiger partial charge >= 0.3 is 12.1 Å². The molecule has 1 aliphatic rings. The molecule has 0 unspecified atom stereocenters. The molecule has 0 radical (unpaired) electrons. The summed E-state index contributed by atoms with van der Waals surface area (Å²) in [5.74, 6) is -0.193. The van der Waals surface area contributed by atoms with Gasteiger partial charge < -0.3 is 24.8 Å². The highest BCUT2D eigenvalue weighted by Gasteiger charge is 2.25. The number of carbonyl (C=O) groups is 2. The van der Waals surface area contributed by atoms with Gasteiger partial charge in [-0.25, -0.2) is 24.5 Å². The van der Waals surface area contributed by atoms with E-state index in [2.05, 4.69) is 20.3 Å². The predicted molar refractivity (Wildman–Crippen MR) is 148 cm³/mol. The lowest BCUT2D eigenvalue weighted by Crippen LogP contribution is -2.46. The summed E-state index contributed by atoms with van der Waals surface area (Å²) in [7, 11) is 0. The van der Waals surface area contributed by atoms with E-state index < -0.39 is 17.7 Å². The quantitative estimate of drug-likeness (QED) is 0.357. The fourth-order valence-electron chi connectivity index (χ4n) is 4.09. The molecule has 39 heavy (non-hydrogen) atoms. The van der Waals surface area contributed by atoms with E-state index in [1.807, 2.05) is 25.7 Å². The summed E-state index contributed by atoms with van der Waals surface area (Å²) in [6.45, 7) is 8.42. The van der Waals surface area contributed by atoms with Crippen molar-refractivity contribution in [3.63, 3.8) is 0 Å². The van der Waals surface area contributed by atoms with Gasteiger partial charge in [0.05, 0.1) is 23.7 Å². The topological polar surface area (TPSA) is 127 Å². The fourth-order valence-corrected chi connectivity index (χ4v) is 4.62. The number of hydrogen-bond donors (Lipinski definition) is 2. The van der Waals surface area contributed by atoms with Gasteiger partial charge in [-0.2, -0.15) is 0 Å². The van der Waals surface area contributed by atoms with E-state index >= 15 is 0 Å². The molecule has 1 saturated heterocycles. The van der Waals surface area contributed by atoms with Crippen LogP contribution in [0.2, 0.25) is 10.0 Å². The molecule has 12 heteroatoms. The molecule has 10 nitrogen and oxygen atoms in total. The molecule has 0 spiro atoms. The molecule has 206 valence electrons. The van der Waals surface area contributed by atoms with Crippen LogP contribution in [-0.2, 0) is 4.74 Å². The van der Waals surface area contributed by atoms with Crippen LogP contribution in [0.4, 0.5) is 10.7 Å². The van der Waals surface area contributed by atoms with Crippen molar-refractivity contribution in [3.8, 4) is 22.9 Å². The Labute approximate surface area is 236 Å². The fraction of sp³-hybridized carbons (Fsp3) is 0.370. The third-order valence-electron chi connectivity index (χ3n) is 5.94. The smallest absolute Gasteiger partial charge is 0.407 e. The Hall–Kier alpha value is -3.63. The Morgan fingerprint density at radius 3 is 2.23 bits per heavy atom. The van der Waals surface area contributed by atoms with Gasteiger partial charge in [0.1, 0.15) is 5.60 Å². The van der Waals surface area contributed by atoms with E-state index in [-0.39, 0.29) is 17.5 Å². The maximum atomic E-state index is 12.0. The van der Waals surface area contributed by atoms with Gasteiger partial charge in [-0.05, 0) is 64.8 Å². The Morgan fingerprint density at radius 1 is 1.05 bits per heavy atom. The molecule has 1 fully saturated rings. The standard InChI is InChI=1S/C27H29Cl2N5O5/c1-15-21(24(35)36)12-22(16-9-17(28)11-18(29)10-16)33-23(15)38-20-13-30-25(31-14-20)34-7-5-19(6-8-34)32-26(37)39-27(2,3)4/h9-14,19H,5-8H2,1-4H3,(H,32,37)(H,35,36). The third kappa shape index (κ3) is 7.48. The van der Waals surface area contributed by atoms with E-state index in [0.29, 0.717) is 51.7 Å². The van der Waals surface area contributed by atoms with Gasteiger partial charge in [0.25, 0.3) is 0 Å². The average molecular weight is 574 g/mol. The predicted octanol–water partition coefficient (Wildman–Crippen LogP) is 6.14. The minimum absolute atomic E-state index is 0.0119. The number of nitrogens with one attached hydrogen (secondary N) is 1. The average Bonchev–Trinajstić information content (AvgIpc) is 2.84. The number of alkyl carbamates (subject to hydrolysis) is 1. The number of ether oxygens (including phenoxy) is 2. The van der Waals surface area contributed by atoms with Crippen molar-refractivity contribution in [2.24, 2.45) is 0 Å². The maximum Gasteiger partial charge on any atom is 0.407 e. The number of amides is 1. The van der Waals surface area contributed by atoms with Crippen molar-refractivity contribution in [1.82, 2.24) is 20.3 Å². The molecule has 4 rings (SSSR count). The molecule has 3 heterocycles. The molecule has 1 aliphatic heterocycles. The molecule has 0 saturated carbocycles. The summed E-state index contributed by atoms with van der Waals surface area (Å²) < 4.78 is 11.3. The second kappa shape index (κ2) is 11.6. The van der Waals surface area contributed by atoms with Crippen LogP contribution in [0.3, 0.4) is 0 Å². The zero-order valence-electron chi connectivity index (χ0n) is 22.0. The lowest BCUT2D eigenvalue weighted by atomic mass is 10.1. The van der Waals surface area contributed by atoms with Crippen LogP contribution >= 0.6 is 23.2 Å². The summed E-state index contributed by atoms with van der Waals surface area (Å²) in [5.41, 5.74) is 0.735. The van der Waals surface area contributed by atoms with Crippen molar-refractivity contribution in [2.75, 3.05) is 18.0 Å². The van der Waals surface area contributed by atoms with Crippen LogP contribution < -0.4 is 15.0 Å². The first-order valence-corrected chi connectivity index (χ1v) is 13.1. The minimum atomic E-state index is -1.12. The zero-order chi connectivity index (χ0) is 28.3. The largest absolute Gasteiger partial charge is 0.478 e. The van der Waals surface area contributed by atoms with Gasteiger partial charge in [0.2, 0.25) is 11.8 Å². The summed E-state index contributed by atoms with van der Waals surface area (Å²) in [6.07, 6.45) is 4.05. The second-order valence-electron chi connectivity index (χ2n) is 10.2. The number of carbonyl (C=O) groups excluding carboxylic acids is 1. The van der Waals surface area contributed by atoms with E-state index in [1.54, 1.807) is 25.1 Å². The monoisotopic (exact) mass is 573 g/mol.